The van der Waals surface area contributed by atoms with Gasteiger partial charge in [0.15, 0.2) is 0 Å². The molecule has 2 aliphatic rings. The molecule has 0 saturated carbocycles. The zero-order valence-corrected chi connectivity index (χ0v) is 12.4. The van der Waals surface area contributed by atoms with Gasteiger partial charge in [-0.15, -0.1) is 0 Å². The molecule has 114 valence electrons. The maximum Gasteiger partial charge on any atom is 0.243 e. The van der Waals surface area contributed by atoms with Crippen molar-refractivity contribution in [3.05, 3.63) is 35.4 Å². The molecule has 0 radical (unpaired) electrons. The average molecular weight is 294 g/mol. The lowest BCUT2D eigenvalue weighted by molar-refractivity contribution is -0.154. The molecule has 0 bridgehead atoms. The van der Waals surface area contributed by atoms with E-state index >= 15 is 0 Å². The van der Waals surface area contributed by atoms with E-state index in [0.29, 0.717) is 12.0 Å². The first kappa shape index (κ1) is 14.4. The Labute approximate surface area is 123 Å². The van der Waals surface area contributed by atoms with Crippen LogP contribution >= 0.6 is 0 Å². The molecular weight excluding hydrogens is 274 g/mol. The van der Waals surface area contributed by atoms with Crippen molar-refractivity contribution in [2.45, 2.75) is 39.2 Å². The molecule has 2 heterocycles. The van der Waals surface area contributed by atoms with Crippen LogP contribution in [0, 0.1) is 17.0 Å². The summed E-state index contributed by atoms with van der Waals surface area (Å²) in [5.41, 5.74) is 0.115. The summed E-state index contributed by atoms with van der Waals surface area (Å²) in [6.45, 7) is 5.47. The summed E-state index contributed by atoms with van der Waals surface area (Å²) in [6.07, 6.45) is 2.51. The van der Waals surface area contributed by atoms with Crippen LogP contribution in [0.3, 0.4) is 0 Å². The topological polar surface area (TPSA) is 23.6 Å². The van der Waals surface area contributed by atoms with E-state index in [1.54, 1.807) is 5.01 Å². The van der Waals surface area contributed by atoms with Crippen molar-refractivity contribution < 1.29 is 13.6 Å². The second-order valence-corrected chi connectivity index (χ2v) is 6.60. The van der Waals surface area contributed by atoms with Gasteiger partial charge in [0.05, 0.1) is 6.04 Å². The second kappa shape index (κ2) is 5.05. The fourth-order valence-corrected chi connectivity index (χ4v) is 3.38. The highest BCUT2D eigenvalue weighted by Crippen LogP contribution is 2.40. The first-order valence-corrected chi connectivity index (χ1v) is 7.43. The third kappa shape index (κ3) is 2.55. The minimum Gasteiger partial charge on any atom is -0.273 e. The highest BCUT2D eigenvalue weighted by Gasteiger charge is 2.44. The summed E-state index contributed by atoms with van der Waals surface area (Å²) >= 11 is 0. The molecule has 3 nitrogen and oxygen atoms in total. The van der Waals surface area contributed by atoms with Crippen LogP contribution in [0.2, 0.25) is 0 Å². The summed E-state index contributed by atoms with van der Waals surface area (Å²) in [5, 5.41) is 3.77. The Hall–Kier alpha value is -1.49. The largest absolute Gasteiger partial charge is 0.273 e. The number of rotatable bonds is 1. The number of carbonyl (C=O) groups is 1. The summed E-state index contributed by atoms with van der Waals surface area (Å²) in [6, 6.07) is 3.27. The Morgan fingerprint density at radius 2 is 1.81 bits per heavy atom. The van der Waals surface area contributed by atoms with Gasteiger partial charge in [0, 0.05) is 24.6 Å². The maximum atomic E-state index is 13.5. The highest BCUT2D eigenvalue weighted by atomic mass is 19.1. The summed E-state index contributed by atoms with van der Waals surface area (Å²) < 4.78 is 27.0. The van der Waals surface area contributed by atoms with E-state index in [4.69, 9.17) is 0 Å². The predicted molar refractivity (Wildman–Crippen MR) is 75.2 cm³/mol. The number of hydrogen-bond donors (Lipinski definition) is 0. The molecule has 0 aromatic heterocycles. The number of amides is 1. The molecule has 2 saturated heterocycles. The van der Waals surface area contributed by atoms with Gasteiger partial charge in [0.1, 0.15) is 11.6 Å². The number of halogens is 2. The lowest BCUT2D eigenvalue weighted by atomic mass is 9.86. The maximum absolute atomic E-state index is 13.5. The van der Waals surface area contributed by atoms with Crippen LogP contribution in [0.5, 0.6) is 0 Å². The zero-order chi connectivity index (χ0) is 15.2. The third-order valence-corrected chi connectivity index (χ3v) is 4.54. The number of hydrogen-bond acceptors (Lipinski definition) is 2. The number of fused-ring (bicyclic) bond motifs is 1. The van der Waals surface area contributed by atoms with Crippen molar-refractivity contribution >= 4 is 5.91 Å². The van der Waals surface area contributed by atoms with E-state index in [1.165, 1.54) is 12.1 Å². The minimum absolute atomic E-state index is 0.0483. The Bertz CT molecular complexity index is 553. The Morgan fingerprint density at radius 1 is 1.14 bits per heavy atom. The Morgan fingerprint density at radius 3 is 2.48 bits per heavy atom. The molecular formula is C16H20F2N2O. The van der Waals surface area contributed by atoms with Crippen LogP contribution in [0.1, 0.15) is 44.7 Å². The van der Waals surface area contributed by atoms with E-state index in [0.717, 1.165) is 32.0 Å². The molecule has 0 spiro atoms. The molecule has 21 heavy (non-hydrogen) atoms. The van der Waals surface area contributed by atoms with Gasteiger partial charge < -0.3 is 0 Å². The fraction of sp³-hybridized carbons (Fsp3) is 0.562. The van der Waals surface area contributed by atoms with E-state index < -0.39 is 17.0 Å². The smallest absolute Gasteiger partial charge is 0.243 e. The van der Waals surface area contributed by atoms with Gasteiger partial charge in [0.25, 0.3) is 0 Å². The first-order valence-electron chi connectivity index (χ1n) is 7.43. The predicted octanol–water partition coefficient (Wildman–Crippen LogP) is 3.28. The van der Waals surface area contributed by atoms with Crippen molar-refractivity contribution in [2.75, 3.05) is 13.1 Å². The van der Waals surface area contributed by atoms with Gasteiger partial charge in [-0.25, -0.2) is 13.8 Å². The van der Waals surface area contributed by atoms with Crippen LogP contribution < -0.4 is 0 Å². The quantitative estimate of drug-likeness (QED) is 0.793. The Kier molecular flexibility index (Phi) is 3.48. The van der Waals surface area contributed by atoms with Gasteiger partial charge in [-0.2, -0.15) is 0 Å². The summed E-state index contributed by atoms with van der Waals surface area (Å²) in [7, 11) is 0. The zero-order valence-electron chi connectivity index (χ0n) is 12.4. The van der Waals surface area contributed by atoms with Crippen molar-refractivity contribution in [1.29, 1.82) is 0 Å². The van der Waals surface area contributed by atoms with Crippen molar-refractivity contribution in [1.82, 2.24) is 10.0 Å². The number of carbonyl (C=O) groups excluding carboxylic acids is 1. The molecule has 2 aliphatic heterocycles. The Balaban J connectivity index is 1.98. The van der Waals surface area contributed by atoms with Crippen LogP contribution in [-0.2, 0) is 4.79 Å². The molecule has 3 rings (SSSR count). The van der Waals surface area contributed by atoms with Crippen LogP contribution in [-0.4, -0.2) is 29.0 Å². The van der Waals surface area contributed by atoms with Gasteiger partial charge in [-0.1, -0.05) is 13.8 Å². The number of benzene rings is 1. The summed E-state index contributed by atoms with van der Waals surface area (Å²) in [5.74, 6) is -1.14. The molecule has 2 fully saturated rings. The highest BCUT2D eigenvalue weighted by molar-refractivity contribution is 5.82. The third-order valence-electron chi connectivity index (χ3n) is 4.54. The van der Waals surface area contributed by atoms with E-state index in [1.807, 2.05) is 18.9 Å². The molecule has 0 aliphatic carbocycles. The first-order chi connectivity index (χ1) is 9.88. The standard InChI is InChI=1S/C16H20F2N2O/c1-16(2)5-3-6-19-7-4-14(20(19)15(16)21)11-8-12(17)10-13(18)9-11/h8-10,14H,3-7H2,1-2H3. The molecule has 1 aromatic carbocycles. The molecule has 1 amide bonds. The molecule has 1 unspecified atom stereocenters. The second-order valence-electron chi connectivity index (χ2n) is 6.60. The monoisotopic (exact) mass is 294 g/mol. The van der Waals surface area contributed by atoms with Crippen LogP contribution in [0.15, 0.2) is 18.2 Å². The van der Waals surface area contributed by atoms with Gasteiger partial charge >= 0.3 is 0 Å². The summed E-state index contributed by atoms with van der Waals surface area (Å²) in [4.78, 5) is 12.8. The fourth-order valence-electron chi connectivity index (χ4n) is 3.38. The van der Waals surface area contributed by atoms with Crippen LogP contribution in [0.4, 0.5) is 8.78 Å². The van der Waals surface area contributed by atoms with Crippen molar-refractivity contribution in [3.8, 4) is 0 Å². The van der Waals surface area contributed by atoms with E-state index in [9.17, 15) is 13.6 Å². The molecule has 5 heteroatoms. The van der Waals surface area contributed by atoms with E-state index in [2.05, 4.69) is 0 Å². The SMILES string of the molecule is CC1(C)CCCN2CCC(c3cc(F)cc(F)c3)N2C1=O. The minimum atomic E-state index is -0.593. The molecule has 1 aromatic rings. The van der Waals surface area contributed by atoms with E-state index in [-0.39, 0.29) is 11.9 Å². The lowest BCUT2D eigenvalue weighted by Crippen LogP contribution is -2.46. The number of nitrogens with zero attached hydrogens (tertiary/aromatic N) is 2. The number of hydrazine groups is 1. The molecule has 1 atom stereocenters. The van der Waals surface area contributed by atoms with Gasteiger partial charge in [-0.05, 0) is 37.0 Å². The van der Waals surface area contributed by atoms with Gasteiger partial charge in [0.2, 0.25) is 5.91 Å². The average Bonchev–Trinajstić information content (AvgIpc) is 2.75. The van der Waals surface area contributed by atoms with Gasteiger partial charge in [-0.3, -0.25) is 9.80 Å². The van der Waals surface area contributed by atoms with Crippen LogP contribution in [0.25, 0.3) is 0 Å². The molecule has 0 N–H and O–H groups in total. The normalized spacial score (nSPS) is 25.8. The lowest BCUT2D eigenvalue weighted by Gasteiger charge is -2.34. The van der Waals surface area contributed by atoms with Crippen molar-refractivity contribution in [3.63, 3.8) is 0 Å². The van der Waals surface area contributed by atoms with Crippen molar-refractivity contribution in [2.24, 2.45) is 5.41 Å².